The van der Waals surface area contributed by atoms with Gasteiger partial charge < -0.3 is 9.84 Å². The van der Waals surface area contributed by atoms with Crippen LogP contribution in [0.15, 0.2) is 17.0 Å². The first-order valence-electron chi connectivity index (χ1n) is 3.62. The number of phenolic OH excluding ortho intramolecular Hbond substituents is 1. The summed E-state index contributed by atoms with van der Waals surface area (Å²) in [5.41, 5.74) is 0.866. The topological polar surface area (TPSA) is 53.2 Å². The number of hydrogen-bond acceptors (Lipinski definition) is 4. The minimum atomic E-state index is 0.0993. The van der Waals surface area contributed by atoms with Gasteiger partial charge in [-0.05, 0) is 36.4 Å². The fourth-order valence-corrected chi connectivity index (χ4v) is 1.46. The van der Waals surface area contributed by atoms with Crippen LogP contribution in [0.25, 0.3) is 0 Å². The first-order valence-corrected chi connectivity index (χ1v) is 4.44. The lowest BCUT2D eigenvalue weighted by molar-refractivity contribution is 0.372. The molecule has 0 unspecified atom stereocenters. The molecular formula is C9H9NO2S. The molecule has 4 heteroatoms. The fraction of sp³-hybridized carbons (Fsp3) is 0.222. The zero-order valence-electron chi connectivity index (χ0n) is 7.37. The molecule has 1 aromatic carbocycles. The number of thioether (sulfide) groups is 1. The third kappa shape index (κ3) is 2.07. The lowest BCUT2D eigenvalue weighted by atomic mass is 10.2. The highest BCUT2D eigenvalue weighted by Crippen LogP contribution is 2.33. The lowest BCUT2D eigenvalue weighted by Gasteiger charge is -2.06. The molecule has 0 saturated carbocycles. The highest BCUT2D eigenvalue weighted by atomic mass is 32.2. The molecule has 0 atom stereocenters. The second kappa shape index (κ2) is 4.06. The molecule has 68 valence electrons. The highest BCUT2D eigenvalue weighted by Gasteiger charge is 2.06. The van der Waals surface area contributed by atoms with Gasteiger partial charge in [-0.25, -0.2) is 0 Å². The summed E-state index contributed by atoms with van der Waals surface area (Å²) in [5, 5.41) is 19.8. The van der Waals surface area contributed by atoms with Gasteiger partial charge in [-0.15, -0.1) is 0 Å². The van der Waals surface area contributed by atoms with E-state index < -0.39 is 0 Å². The molecule has 0 bridgehead atoms. The Morgan fingerprint density at radius 1 is 1.54 bits per heavy atom. The third-order valence-electron chi connectivity index (χ3n) is 1.63. The summed E-state index contributed by atoms with van der Waals surface area (Å²) in [6.45, 7) is 1.83. The van der Waals surface area contributed by atoms with Crippen LogP contribution in [0.4, 0.5) is 0 Å². The Labute approximate surface area is 80.9 Å². The summed E-state index contributed by atoms with van der Waals surface area (Å²) in [7, 11) is 1.48. The van der Waals surface area contributed by atoms with Crippen LogP contribution >= 0.6 is 11.8 Å². The van der Waals surface area contributed by atoms with Crippen LogP contribution in [-0.2, 0) is 0 Å². The number of benzene rings is 1. The molecule has 13 heavy (non-hydrogen) atoms. The number of nitriles is 1. The minimum absolute atomic E-state index is 0.0993. The van der Waals surface area contributed by atoms with Crippen LogP contribution in [0, 0.1) is 17.6 Å². The van der Waals surface area contributed by atoms with Crippen LogP contribution in [0.3, 0.4) is 0 Å². The van der Waals surface area contributed by atoms with Crippen LogP contribution in [-0.4, -0.2) is 12.2 Å². The Hall–Kier alpha value is -1.34. The number of rotatable bonds is 2. The van der Waals surface area contributed by atoms with E-state index in [4.69, 9.17) is 10.00 Å². The van der Waals surface area contributed by atoms with Crippen molar-refractivity contribution < 1.29 is 9.84 Å². The van der Waals surface area contributed by atoms with Gasteiger partial charge in [0.15, 0.2) is 11.5 Å². The van der Waals surface area contributed by atoms with Crippen molar-refractivity contribution in [3.63, 3.8) is 0 Å². The van der Waals surface area contributed by atoms with Crippen molar-refractivity contribution in [2.75, 3.05) is 7.11 Å². The number of nitrogens with zero attached hydrogens (tertiary/aromatic N) is 1. The molecule has 0 fully saturated rings. The molecule has 1 aromatic rings. The van der Waals surface area contributed by atoms with Crippen molar-refractivity contribution in [2.45, 2.75) is 11.8 Å². The molecule has 3 nitrogen and oxygen atoms in total. The summed E-state index contributed by atoms with van der Waals surface area (Å²) in [4.78, 5) is 0.803. The van der Waals surface area contributed by atoms with E-state index in [0.717, 1.165) is 22.2 Å². The maximum atomic E-state index is 9.37. The summed E-state index contributed by atoms with van der Waals surface area (Å²) in [5.74, 6) is 0.491. The van der Waals surface area contributed by atoms with E-state index in [2.05, 4.69) is 0 Å². The molecule has 0 amide bonds. The minimum Gasteiger partial charge on any atom is -0.504 e. The average molecular weight is 195 g/mol. The monoisotopic (exact) mass is 195 g/mol. The van der Waals surface area contributed by atoms with E-state index in [-0.39, 0.29) is 5.75 Å². The van der Waals surface area contributed by atoms with Gasteiger partial charge in [0.1, 0.15) is 5.40 Å². The highest BCUT2D eigenvalue weighted by molar-refractivity contribution is 8.03. The van der Waals surface area contributed by atoms with E-state index in [0.29, 0.717) is 5.75 Å². The van der Waals surface area contributed by atoms with Crippen molar-refractivity contribution >= 4 is 11.8 Å². The van der Waals surface area contributed by atoms with Crippen molar-refractivity contribution in [3.05, 3.63) is 17.7 Å². The predicted molar refractivity (Wildman–Crippen MR) is 50.9 cm³/mol. The number of phenols is 1. The van der Waals surface area contributed by atoms with Crippen LogP contribution in [0.1, 0.15) is 5.56 Å². The molecular weight excluding hydrogens is 186 g/mol. The third-order valence-corrected chi connectivity index (χ3v) is 2.38. The lowest BCUT2D eigenvalue weighted by Crippen LogP contribution is -1.86. The largest absolute Gasteiger partial charge is 0.504 e. The Bertz CT molecular complexity index is 357. The van der Waals surface area contributed by atoms with Gasteiger partial charge in [0.25, 0.3) is 0 Å². The first-order chi connectivity index (χ1) is 6.19. The van der Waals surface area contributed by atoms with Crippen LogP contribution < -0.4 is 4.74 Å². The molecule has 0 aromatic heterocycles. The first kappa shape index (κ1) is 9.75. The number of aryl methyl sites for hydroxylation is 1. The number of methoxy groups -OCH3 is 1. The Kier molecular flexibility index (Phi) is 3.04. The quantitative estimate of drug-likeness (QED) is 0.581. The molecule has 0 aliphatic rings. The van der Waals surface area contributed by atoms with Crippen molar-refractivity contribution in [1.82, 2.24) is 0 Å². The van der Waals surface area contributed by atoms with E-state index in [9.17, 15) is 5.11 Å². The molecule has 0 spiro atoms. The summed E-state index contributed by atoms with van der Waals surface area (Å²) < 4.78 is 4.91. The summed E-state index contributed by atoms with van der Waals surface area (Å²) in [6, 6.07) is 3.23. The van der Waals surface area contributed by atoms with Gasteiger partial charge in [-0.3, -0.25) is 0 Å². The second-order valence-electron chi connectivity index (χ2n) is 2.48. The normalized spacial score (nSPS) is 9.31. The number of hydrogen-bond donors (Lipinski definition) is 1. The molecule has 0 heterocycles. The number of thiocyanates is 1. The maximum absolute atomic E-state index is 9.37. The summed E-state index contributed by atoms with van der Waals surface area (Å²) in [6.07, 6.45) is 0. The zero-order chi connectivity index (χ0) is 9.84. The zero-order valence-corrected chi connectivity index (χ0v) is 8.18. The van der Waals surface area contributed by atoms with Gasteiger partial charge in [-0.1, -0.05) is 0 Å². The SMILES string of the molecule is COc1cc(SC#N)c(C)cc1O. The molecule has 0 radical (unpaired) electrons. The van der Waals surface area contributed by atoms with E-state index in [1.54, 1.807) is 12.1 Å². The van der Waals surface area contributed by atoms with Gasteiger partial charge in [0.2, 0.25) is 0 Å². The van der Waals surface area contributed by atoms with Crippen LogP contribution in [0.2, 0.25) is 0 Å². The molecule has 1 N–H and O–H groups in total. The van der Waals surface area contributed by atoms with Gasteiger partial charge in [-0.2, -0.15) is 5.26 Å². The van der Waals surface area contributed by atoms with Crippen molar-refractivity contribution in [1.29, 1.82) is 5.26 Å². The van der Waals surface area contributed by atoms with Gasteiger partial charge in [0, 0.05) is 4.90 Å². The van der Waals surface area contributed by atoms with E-state index in [1.807, 2.05) is 12.3 Å². The molecule has 0 aliphatic carbocycles. The van der Waals surface area contributed by atoms with E-state index in [1.165, 1.54) is 7.11 Å². The smallest absolute Gasteiger partial charge is 0.161 e. The maximum Gasteiger partial charge on any atom is 0.161 e. The van der Waals surface area contributed by atoms with Crippen molar-refractivity contribution in [2.24, 2.45) is 0 Å². The van der Waals surface area contributed by atoms with Gasteiger partial charge in [0.05, 0.1) is 7.11 Å². The van der Waals surface area contributed by atoms with Crippen LogP contribution in [0.5, 0.6) is 11.5 Å². The molecule has 0 saturated heterocycles. The predicted octanol–water partition coefficient (Wildman–Crippen LogP) is 2.28. The Morgan fingerprint density at radius 2 is 2.23 bits per heavy atom. The molecule has 0 aliphatic heterocycles. The average Bonchev–Trinajstić information content (AvgIpc) is 2.10. The molecule has 1 rings (SSSR count). The number of ether oxygens (including phenoxy) is 1. The Balaban J connectivity index is 3.16. The number of aromatic hydroxyl groups is 1. The second-order valence-corrected chi connectivity index (χ2v) is 3.31. The van der Waals surface area contributed by atoms with E-state index >= 15 is 0 Å². The summed E-state index contributed by atoms with van der Waals surface area (Å²) >= 11 is 1.05. The standard InChI is InChI=1S/C9H9NO2S/c1-6-3-7(11)8(12-2)4-9(6)13-5-10/h3-4,11H,1-2H3. The Morgan fingerprint density at radius 3 is 2.77 bits per heavy atom. The van der Waals surface area contributed by atoms with Gasteiger partial charge >= 0.3 is 0 Å². The van der Waals surface area contributed by atoms with Crippen molar-refractivity contribution in [3.8, 4) is 16.9 Å². The fourth-order valence-electron chi connectivity index (χ4n) is 0.977.